The summed E-state index contributed by atoms with van der Waals surface area (Å²) in [7, 11) is 0. The Kier molecular flexibility index (Phi) is 16.6. The minimum absolute atomic E-state index is 0. The Morgan fingerprint density at radius 3 is 1.25 bits per heavy atom. The van der Waals surface area contributed by atoms with E-state index in [1.165, 1.54) is 144 Å². The zero-order valence-electron chi connectivity index (χ0n) is 38.7. The quantitative estimate of drug-likeness (QED) is 0.0980. The first-order chi connectivity index (χ1) is 29.2. The predicted molar refractivity (Wildman–Crippen MR) is 269 cm³/mol. The standard InChI is InChI=1S/2C26H31.C3H4F3.CH3.2ClH.H2Si.Zr/c2*1-19(2)22-12-14-23(15-13-22)25-11-7-10-24-17-21(18-26(24)25)16-20-8-5-3-4-6-9-20;1-2-3(4,5)6;;;;;/h2*7,10-15,17-20H,3-6,8-9,16H2,1-2H3;1-2H2;1H3;2*1H;1H2;. The van der Waals surface area contributed by atoms with Crippen LogP contribution in [0.5, 0.6) is 0 Å². The van der Waals surface area contributed by atoms with Crippen molar-refractivity contribution in [3.05, 3.63) is 129 Å². The van der Waals surface area contributed by atoms with E-state index in [2.05, 4.69) is 136 Å². The summed E-state index contributed by atoms with van der Waals surface area (Å²) in [6.07, 6.45) is 17.3. The molecule has 0 aliphatic heterocycles. The number of benzene rings is 4. The van der Waals surface area contributed by atoms with Crippen molar-refractivity contribution >= 4 is 43.8 Å². The van der Waals surface area contributed by atoms with Gasteiger partial charge in [0, 0.05) is 0 Å². The topological polar surface area (TPSA) is 0 Å². The zero-order chi connectivity index (χ0) is 43.0. The maximum absolute atomic E-state index is 15.1. The number of alkyl halides is 3. The van der Waals surface area contributed by atoms with Crippen LogP contribution in [0, 0.1) is 11.8 Å². The fourth-order valence-electron chi connectivity index (χ4n) is 12.7. The van der Waals surface area contributed by atoms with Crippen molar-refractivity contribution in [1.82, 2.24) is 0 Å². The summed E-state index contributed by atoms with van der Waals surface area (Å²) in [5.41, 5.74) is 15.7. The summed E-state index contributed by atoms with van der Waals surface area (Å²) >= 11 is -4.85. The monoisotopic (exact) mass is 990 g/mol. The molecule has 0 saturated heterocycles. The Balaban J connectivity index is 0.00000330. The molecule has 0 spiro atoms. The Bertz CT molecular complexity index is 2160. The summed E-state index contributed by atoms with van der Waals surface area (Å²) < 4.78 is 48.2. The molecule has 4 aliphatic rings. The number of allylic oxidation sites excluding steroid dienone is 2. The van der Waals surface area contributed by atoms with Gasteiger partial charge in [-0.2, -0.15) is 0 Å². The van der Waals surface area contributed by atoms with Crippen molar-refractivity contribution in [2.45, 2.75) is 158 Å². The third-order valence-corrected chi connectivity index (χ3v) is 38.8. The van der Waals surface area contributed by atoms with Crippen LogP contribution in [0.4, 0.5) is 13.2 Å². The molecule has 0 bridgehead atoms. The van der Waals surface area contributed by atoms with E-state index in [1.807, 2.05) is 0 Å². The van der Waals surface area contributed by atoms with Crippen LogP contribution in [0.1, 0.15) is 176 Å². The summed E-state index contributed by atoms with van der Waals surface area (Å²) in [6, 6.07) is 31.9. The van der Waals surface area contributed by atoms with Crippen LogP contribution < -0.4 is 0 Å². The molecule has 2 atom stereocenters. The molecule has 4 aromatic rings. The molecule has 4 aromatic carbocycles. The second kappa shape index (κ2) is 20.8. The normalized spacial score (nSPS) is 20.0. The van der Waals surface area contributed by atoms with E-state index in [-0.39, 0.29) is 36.2 Å². The molecule has 2 fully saturated rings. The van der Waals surface area contributed by atoms with Crippen LogP contribution in [0.2, 0.25) is 8.76 Å². The summed E-state index contributed by atoms with van der Waals surface area (Å²) in [4.78, 5) is 0. The van der Waals surface area contributed by atoms with Gasteiger partial charge in [-0.1, -0.05) is 0 Å². The second-order valence-corrected chi connectivity index (χ2v) is 49.6. The van der Waals surface area contributed by atoms with Gasteiger partial charge in [-0.05, 0) is 0 Å². The van der Waals surface area contributed by atoms with E-state index in [0.717, 1.165) is 12.8 Å². The maximum Gasteiger partial charge on any atom is -0.147 e. The van der Waals surface area contributed by atoms with Crippen molar-refractivity contribution < 1.29 is 30.6 Å². The molecule has 0 N–H and O–H groups in total. The molecule has 63 heavy (non-hydrogen) atoms. The van der Waals surface area contributed by atoms with Crippen LogP contribution in [0.25, 0.3) is 34.4 Å². The van der Waals surface area contributed by atoms with Crippen LogP contribution in [0.15, 0.2) is 96.1 Å². The molecule has 2 saturated carbocycles. The van der Waals surface area contributed by atoms with Crippen LogP contribution in [0.3, 0.4) is 0 Å². The average molecular weight is 993 g/mol. The molecule has 8 rings (SSSR count). The fourth-order valence-corrected chi connectivity index (χ4v) is 36.4. The molecule has 0 aromatic heterocycles. The van der Waals surface area contributed by atoms with Gasteiger partial charge < -0.3 is 0 Å². The van der Waals surface area contributed by atoms with E-state index in [1.54, 1.807) is 0 Å². The predicted octanol–water partition coefficient (Wildman–Crippen LogP) is 18.1. The van der Waals surface area contributed by atoms with Crippen molar-refractivity contribution in [1.29, 1.82) is 0 Å². The Labute approximate surface area is 393 Å². The van der Waals surface area contributed by atoms with Crippen LogP contribution in [-0.4, -0.2) is 13.1 Å². The number of halogens is 5. The van der Waals surface area contributed by atoms with Gasteiger partial charge >= 0.3 is 371 Å². The van der Waals surface area contributed by atoms with Crippen LogP contribution in [-0.2, 0) is 17.4 Å². The molecule has 0 radical (unpaired) electrons. The van der Waals surface area contributed by atoms with Gasteiger partial charge in [-0.15, -0.1) is 24.8 Å². The maximum atomic E-state index is 15.1. The SMILES string of the molecule is CC(C)c1ccc(-c2cccc3c2C=C(CC2CCCCCC2)[CH]3[Zr]([CH3])(=[SiH2])([CH2]CC(F)(F)F)[CH]2C(CC3CCCCCC3)=Cc3c(-c4ccc(C(C)C)cc4)cccc32)cc1.Cl.Cl. The fraction of sp³-hybridized carbons (Fsp3) is 0.500. The Hall–Kier alpha value is -2.17. The summed E-state index contributed by atoms with van der Waals surface area (Å²) in [5.74, 6) is 2.07. The minimum atomic E-state index is -4.85. The van der Waals surface area contributed by atoms with Gasteiger partial charge in [0.2, 0.25) is 0 Å². The molecular weight excluding hydrogens is 920 g/mol. The van der Waals surface area contributed by atoms with Crippen molar-refractivity contribution in [2.24, 2.45) is 11.8 Å². The van der Waals surface area contributed by atoms with Gasteiger partial charge in [0.25, 0.3) is 0 Å². The smallest absolute Gasteiger partial charge is 0.147 e. The average Bonchev–Trinajstić information content (AvgIpc) is 3.55. The van der Waals surface area contributed by atoms with Gasteiger partial charge in [0.15, 0.2) is 0 Å². The van der Waals surface area contributed by atoms with Crippen LogP contribution >= 0.6 is 24.8 Å². The molecule has 0 heterocycles. The third kappa shape index (κ3) is 10.8. The molecule has 2 unspecified atom stereocenters. The van der Waals surface area contributed by atoms with Crippen molar-refractivity contribution in [3.8, 4) is 22.3 Å². The molecule has 0 nitrogen and oxygen atoms in total. The Morgan fingerprint density at radius 1 is 0.556 bits per heavy atom. The first kappa shape index (κ1) is 50.2. The summed E-state index contributed by atoms with van der Waals surface area (Å²) in [6.45, 7) is 11.1. The van der Waals surface area contributed by atoms with Crippen molar-refractivity contribution in [2.75, 3.05) is 0 Å². The number of rotatable bonds is 12. The largest absolute Gasteiger partial charge is 0.147 e. The van der Waals surface area contributed by atoms with Gasteiger partial charge in [0.05, 0.1) is 0 Å². The van der Waals surface area contributed by atoms with Gasteiger partial charge in [0.1, 0.15) is 0 Å². The molecule has 7 heteroatoms. The van der Waals surface area contributed by atoms with Gasteiger partial charge in [-0.3, -0.25) is 0 Å². The first-order valence-electron chi connectivity index (χ1n) is 24.2. The van der Waals surface area contributed by atoms with Gasteiger partial charge in [-0.25, -0.2) is 0 Å². The minimum Gasteiger partial charge on any atom is -0.147 e. The third-order valence-electron chi connectivity index (χ3n) is 15.9. The number of hydrogen-bond donors (Lipinski definition) is 0. The Morgan fingerprint density at radius 2 is 0.921 bits per heavy atom. The number of fused-ring (bicyclic) bond motifs is 2. The van der Waals surface area contributed by atoms with E-state index in [4.69, 9.17) is 0 Å². The van der Waals surface area contributed by atoms with E-state index >= 15 is 13.2 Å². The first-order valence-corrected chi connectivity index (χ1v) is 37.1. The summed E-state index contributed by atoms with van der Waals surface area (Å²) in [5, 5.41) is 0. The van der Waals surface area contributed by atoms with Crippen molar-refractivity contribution in [3.63, 3.8) is 0 Å². The zero-order valence-corrected chi connectivity index (χ0v) is 44.2. The molecule has 340 valence electrons. The second-order valence-electron chi connectivity index (χ2n) is 21.2. The molecule has 0 amide bonds. The molecular formula is C56H73Cl2F3SiZr. The number of hydrogen-bond acceptors (Lipinski definition) is 0. The van der Waals surface area contributed by atoms with E-state index < -0.39 is 30.0 Å². The van der Waals surface area contributed by atoms with E-state index in [9.17, 15) is 0 Å². The van der Waals surface area contributed by atoms with E-state index in [0.29, 0.717) is 23.7 Å². The molecule has 4 aliphatic carbocycles.